The van der Waals surface area contributed by atoms with Crippen LogP contribution in [-0.4, -0.2) is 65.5 Å². The van der Waals surface area contributed by atoms with Crippen molar-refractivity contribution in [3.63, 3.8) is 0 Å². The molecule has 0 bridgehead atoms. The van der Waals surface area contributed by atoms with Crippen LogP contribution < -0.4 is 10.2 Å². The zero-order valence-electron chi connectivity index (χ0n) is 18.9. The molecule has 0 saturated carbocycles. The maximum Gasteiger partial charge on any atom is 0.193 e. The molecule has 7 nitrogen and oxygen atoms in total. The van der Waals surface area contributed by atoms with Crippen molar-refractivity contribution in [1.29, 1.82) is 0 Å². The molecule has 0 unspecified atom stereocenters. The number of hydrogen-bond acceptors (Lipinski definition) is 4. The fourth-order valence-corrected chi connectivity index (χ4v) is 4.16. The molecule has 2 aromatic carbocycles. The number of nitrogens with one attached hydrogen (secondary N) is 1. The molecule has 2 heterocycles. The SMILES string of the molecule is CN=C(NCCCc1cn(-c2ccccc2)nc1C)N1CCN(c2ccccc2O)CC1. The number of phenols is 1. The number of hydrogen-bond donors (Lipinski definition) is 2. The summed E-state index contributed by atoms with van der Waals surface area (Å²) in [7, 11) is 1.84. The van der Waals surface area contributed by atoms with E-state index in [1.165, 1.54) is 5.56 Å². The van der Waals surface area contributed by atoms with Gasteiger partial charge in [-0.15, -0.1) is 0 Å². The molecule has 0 atom stereocenters. The third-order valence-corrected chi connectivity index (χ3v) is 5.94. The predicted octanol–water partition coefficient (Wildman–Crippen LogP) is 3.22. The van der Waals surface area contributed by atoms with Gasteiger partial charge in [-0.3, -0.25) is 4.99 Å². The lowest BCUT2D eigenvalue weighted by molar-refractivity contribution is 0.369. The van der Waals surface area contributed by atoms with Gasteiger partial charge >= 0.3 is 0 Å². The minimum absolute atomic E-state index is 0.342. The number of aromatic nitrogens is 2. The molecule has 0 radical (unpaired) electrons. The van der Waals surface area contributed by atoms with E-state index in [-0.39, 0.29) is 0 Å². The average molecular weight is 433 g/mol. The highest BCUT2D eigenvalue weighted by molar-refractivity contribution is 5.80. The van der Waals surface area contributed by atoms with Gasteiger partial charge in [0.2, 0.25) is 0 Å². The summed E-state index contributed by atoms with van der Waals surface area (Å²) in [6.45, 7) is 6.40. The molecular weight excluding hydrogens is 400 g/mol. The number of anilines is 1. The second kappa shape index (κ2) is 10.2. The Bertz CT molecular complexity index is 1040. The third-order valence-electron chi connectivity index (χ3n) is 5.94. The zero-order chi connectivity index (χ0) is 22.3. The van der Waals surface area contributed by atoms with Crippen molar-refractivity contribution in [1.82, 2.24) is 20.0 Å². The normalized spacial score (nSPS) is 14.6. The smallest absolute Gasteiger partial charge is 0.193 e. The third kappa shape index (κ3) is 5.04. The Kier molecular flexibility index (Phi) is 6.94. The van der Waals surface area contributed by atoms with Gasteiger partial charge in [-0.2, -0.15) is 5.10 Å². The van der Waals surface area contributed by atoms with Crippen molar-refractivity contribution in [2.45, 2.75) is 19.8 Å². The first-order valence-corrected chi connectivity index (χ1v) is 11.2. The van der Waals surface area contributed by atoms with Crippen LogP contribution in [0.1, 0.15) is 17.7 Å². The van der Waals surface area contributed by atoms with Crippen molar-refractivity contribution in [2.75, 3.05) is 44.7 Å². The molecule has 3 aromatic rings. The van der Waals surface area contributed by atoms with Crippen molar-refractivity contribution >= 4 is 11.6 Å². The summed E-state index contributed by atoms with van der Waals surface area (Å²) in [4.78, 5) is 9.00. The van der Waals surface area contributed by atoms with E-state index in [4.69, 9.17) is 0 Å². The van der Waals surface area contributed by atoms with E-state index >= 15 is 0 Å². The molecule has 2 N–H and O–H groups in total. The lowest BCUT2D eigenvalue weighted by Crippen LogP contribution is -2.52. The van der Waals surface area contributed by atoms with Gasteiger partial charge in [0, 0.05) is 46.0 Å². The lowest BCUT2D eigenvalue weighted by atomic mass is 10.1. The monoisotopic (exact) mass is 432 g/mol. The van der Waals surface area contributed by atoms with Crippen LogP contribution >= 0.6 is 0 Å². The van der Waals surface area contributed by atoms with Crippen molar-refractivity contribution in [3.8, 4) is 11.4 Å². The van der Waals surface area contributed by atoms with Crippen molar-refractivity contribution < 1.29 is 5.11 Å². The molecule has 1 aromatic heterocycles. The quantitative estimate of drug-likeness (QED) is 0.356. The summed E-state index contributed by atoms with van der Waals surface area (Å²) >= 11 is 0. The summed E-state index contributed by atoms with van der Waals surface area (Å²) in [5.74, 6) is 1.29. The first-order chi connectivity index (χ1) is 15.7. The summed E-state index contributed by atoms with van der Waals surface area (Å²) in [6.07, 6.45) is 4.12. The van der Waals surface area contributed by atoms with Gasteiger partial charge in [0.15, 0.2) is 5.96 Å². The Morgan fingerprint density at radius 2 is 1.75 bits per heavy atom. The largest absolute Gasteiger partial charge is 0.506 e. The Morgan fingerprint density at radius 3 is 2.47 bits per heavy atom. The lowest BCUT2D eigenvalue weighted by Gasteiger charge is -2.37. The Labute approximate surface area is 190 Å². The van der Waals surface area contributed by atoms with Gasteiger partial charge in [0.05, 0.1) is 17.1 Å². The van der Waals surface area contributed by atoms with Gasteiger partial charge in [-0.25, -0.2) is 4.68 Å². The van der Waals surface area contributed by atoms with Crippen LogP contribution in [0.4, 0.5) is 5.69 Å². The van der Waals surface area contributed by atoms with E-state index < -0.39 is 0 Å². The zero-order valence-corrected chi connectivity index (χ0v) is 18.9. The van der Waals surface area contributed by atoms with Crippen LogP contribution in [0.5, 0.6) is 5.75 Å². The number of phenolic OH excluding ortho intramolecular Hbond substituents is 1. The van der Waals surface area contributed by atoms with Crippen LogP contribution in [0.15, 0.2) is 65.8 Å². The number of rotatable bonds is 6. The van der Waals surface area contributed by atoms with Crippen LogP contribution in [0.2, 0.25) is 0 Å². The first kappa shape index (κ1) is 21.7. The topological polar surface area (TPSA) is 68.9 Å². The molecule has 4 rings (SSSR count). The molecule has 0 aliphatic carbocycles. The molecular formula is C25H32N6O. The molecule has 0 amide bonds. The first-order valence-electron chi connectivity index (χ1n) is 11.2. The molecule has 1 saturated heterocycles. The summed E-state index contributed by atoms with van der Waals surface area (Å²) in [5, 5.41) is 18.3. The molecule has 7 heteroatoms. The summed E-state index contributed by atoms with van der Waals surface area (Å²) in [6, 6.07) is 17.8. The van der Waals surface area contributed by atoms with E-state index in [0.29, 0.717) is 5.75 Å². The number of piperazine rings is 1. The number of benzene rings is 2. The molecule has 168 valence electrons. The van der Waals surface area contributed by atoms with Gasteiger partial charge in [-0.05, 0) is 49.6 Å². The van der Waals surface area contributed by atoms with Crippen LogP contribution in [-0.2, 0) is 6.42 Å². The van der Waals surface area contributed by atoms with Crippen LogP contribution in [0.3, 0.4) is 0 Å². The van der Waals surface area contributed by atoms with Gasteiger partial charge in [0.25, 0.3) is 0 Å². The van der Waals surface area contributed by atoms with Crippen LogP contribution in [0.25, 0.3) is 5.69 Å². The number of para-hydroxylation sites is 3. The number of aryl methyl sites for hydroxylation is 2. The Hall–Kier alpha value is -3.48. The highest BCUT2D eigenvalue weighted by Gasteiger charge is 2.21. The average Bonchev–Trinajstić information content (AvgIpc) is 3.21. The van der Waals surface area contributed by atoms with E-state index in [1.807, 2.05) is 48.1 Å². The van der Waals surface area contributed by atoms with E-state index in [9.17, 15) is 5.11 Å². The molecule has 0 spiro atoms. The summed E-state index contributed by atoms with van der Waals surface area (Å²) < 4.78 is 1.96. The molecule has 32 heavy (non-hydrogen) atoms. The Morgan fingerprint density at radius 1 is 1.03 bits per heavy atom. The minimum Gasteiger partial charge on any atom is -0.506 e. The van der Waals surface area contributed by atoms with Crippen molar-refractivity contribution in [3.05, 3.63) is 72.1 Å². The van der Waals surface area contributed by atoms with Gasteiger partial charge < -0.3 is 20.2 Å². The maximum atomic E-state index is 10.1. The van der Waals surface area contributed by atoms with Crippen molar-refractivity contribution in [2.24, 2.45) is 4.99 Å². The van der Waals surface area contributed by atoms with Crippen LogP contribution in [0, 0.1) is 6.92 Å². The fraction of sp³-hybridized carbons (Fsp3) is 0.360. The second-order valence-electron chi connectivity index (χ2n) is 8.06. The van der Waals surface area contributed by atoms with E-state index in [1.54, 1.807) is 6.07 Å². The molecule has 1 aliphatic rings. The van der Waals surface area contributed by atoms with E-state index in [0.717, 1.165) is 68.6 Å². The number of nitrogens with zero attached hydrogens (tertiary/aromatic N) is 5. The maximum absolute atomic E-state index is 10.1. The number of guanidine groups is 1. The standard InChI is InChI=1S/C25H32N6O/c1-20-21(19-31(28-20)22-10-4-3-5-11-22)9-8-14-27-25(26-2)30-17-15-29(16-18-30)23-12-6-7-13-24(23)32/h3-7,10-13,19,32H,8-9,14-18H2,1-2H3,(H,26,27). The van der Waals surface area contributed by atoms with Gasteiger partial charge in [0.1, 0.15) is 5.75 Å². The fourth-order valence-electron chi connectivity index (χ4n) is 4.16. The molecule has 1 aliphatic heterocycles. The summed E-state index contributed by atoms with van der Waals surface area (Å²) in [5.41, 5.74) is 4.35. The molecule has 1 fully saturated rings. The van der Waals surface area contributed by atoms with Gasteiger partial charge in [-0.1, -0.05) is 30.3 Å². The van der Waals surface area contributed by atoms with E-state index in [2.05, 4.69) is 50.5 Å². The highest BCUT2D eigenvalue weighted by atomic mass is 16.3. The number of aliphatic imine (C=N–C) groups is 1. The number of aromatic hydroxyl groups is 1. The second-order valence-corrected chi connectivity index (χ2v) is 8.06. The minimum atomic E-state index is 0.342. The highest BCUT2D eigenvalue weighted by Crippen LogP contribution is 2.27. The Balaban J connectivity index is 1.25. The predicted molar refractivity (Wildman–Crippen MR) is 130 cm³/mol.